The Balaban J connectivity index is 1.62. The normalized spacial score (nSPS) is 10.3. The van der Waals surface area contributed by atoms with Gasteiger partial charge in [0.1, 0.15) is 11.9 Å². The van der Waals surface area contributed by atoms with Crippen molar-refractivity contribution < 1.29 is 4.79 Å². The number of hydrogen-bond donors (Lipinski definition) is 3. The molecule has 0 fully saturated rings. The standard InChI is InChI=1S/C17H16N6O/c1-11-7-13-10-22-23-15(13)14(8-11)17(24)21-6-5-20-16-12(9-18)3-2-4-19-16/h2-4,7-8,10H,5-6H2,1H3,(H,19,20)(H,21,24)(H,22,23). The monoisotopic (exact) mass is 320 g/mol. The van der Waals surface area contributed by atoms with Crippen molar-refractivity contribution in [2.24, 2.45) is 0 Å². The summed E-state index contributed by atoms with van der Waals surface area (Å²) in [5.74, 6) is 0.344. The van der Waals surface area contributed by atoms with Crippen LogP contribution in [0, 0.1) is 18.3 Å². The van der Waals surface area contributed by atoms with E-state index in [1.165, 1.54) is 0 Å². The van der Waals surface area contributed by atoms with Crippen LogP contribution < -0.4 is 10.6 Å². The lowest BCUT2D eigenvalue weighted by Gasteiger charge is -2.09. The van der Waals surface area contributed by atoms with Crippen LogP contribution in [0.5, 0.6) is 0 Å². The molecule has 7 nitrogen and oxygen atoms in total. The first-order valence-corrected chi connectivity index (χ1v) is 7.50. The maximum absolute atomic E-state index is 12.4. The minimum atomic E-state index is -0.170. The number of pyridine rings is 1. The highest BCUT2D eigenvalue weighted by Gasteiger charge is 2.12. The molecule has 0 spiro atoms. The number of carbonyl (C=O) groups is 1. The maximum atomic E-state index is 12.4. The minimum absolute atomic E-state index is 0.170. The molecule has 3 rings (SSSR count). The zero-order chi connectivity index (χ0) is 16.9. The van der Waals surface area contributed by atoms with Gasteiger partial charge in [-0.25, -0.2) is 4.98 Å². The molecule has 0 radical (unpaired) electrons. The van der Waals surface area contributed by atoms with Crippen LogP contribution in [0.1, 0.15) is 21.5 Å². The van der Waals surface area contributed by atoms with Gasteiger partial charge < -0.3 is 10.6 Å². The molecular weight excluding hydrogens is 304 g/mol. The van der Waals surface area contributed by atoms with Crippen molar-refractivity contribution >= 4 is 22.6 Å². The fourth-order valence-electron chi connectivity index (χ4n) is 2.48. The average molecular weight is 320 g/mol. The van der Waals surface area contributed by atoms with E-state index in [1.54, 1.807) is 24.5 Å². The number of nitriles is 1. The summed E-state index contributed by atoms with van der Waals surface area (Å²) in [4.78, 5) is 16.5. The van der Waals surface area contributed by atoms with E-state index >= 15 is 0 Å². The van der Waals surface area contributed by atoms with Crippen molar-refractivity contribution in [2.75, 3.05) is 18.4 Å². The lowest BCUT2D eigenvalue weighted by molar-refractivity contribution is 0.0956. The van der Waals surface area contributed by atoms with E-state index in [9.17, 15) is 4.79 Å². The summed E-state index contributed by atoms with van der Waals surface area (Å²) in [6.07, 6.45) is 3.31. The molecule has 1 aromatic carbocycles. The van der Waals surface area contributed by atoms with Crippen molar-refractivity contribution in [3.05, 3.63) is 53.3 Å². The minimum Gasteiger partial charge on any atom is -0.367 e. The summed E-state index contributed by atoms with van der Waals surface area (Å²) in [5.41, 5.74) is 2.77. The number of nitrogens with one attached hydrogen (secondary N) is 3. The number of carbonyl (C=O) groups excluding carboxylic acids is 1. The summed E-state index contributed by atoms with van der Waals surface area (Å²) in [6, 6.07) is 9.27. The highest BCUT2D eigenvalue weighted by atomic mass is 16.1. The summed E-state index contributed by atoms with van der Waals surface area (Å²) >= 11 is 0. The molecular formula is C17H16N6O. The molecule has 0 saturated heterocycles. The topological polar surface area (TPSA) is 106 Å². The Morgan fingerprint density at radius 2 is 2.25 bits per heavy atom. The molecule has 0 aliphatic heterocycles. The van der Waals surface area contributed by atoms with Crippen LogP contribution >= 0.6 is 0 Å². The second kappa shape index (κ2) is 6.79. The summed E-state index contributed by atoms with van der Waals surface area (Å²) < 4.78 is 0. The van der Waals surface area contributed by atoms with Gasteiger partial charge in [0.25, 0.3) is 5.91 Å². The van der Waals surface area contributed by atoms with Gasteiger partial charge in [0, 0.05) is 24.7 Å². The quantitative estimate of drug-likeness (QED) is 0.623. The Kier molecular flexibility index (Phi) is 4.38. The molecule has 0 aliphatic rings. The van der Waals surface area contributed by atoms with Gasteiger partial charge in [-0.1, -0.05) is 0 Å². The third kappa shape index (κ3) is 3.17. The molecule has 2 heterocycles. The maximum Gasteiger partial charge on any atom is 0.253 e. The van der Waals surface area contributed by atoms with E-state index in [-0.39, 0.29) is 5.91 Å². The van der Waals surface area contributed by atoms with Gasteiger partial charge in [-0.3, -0.25) is 9.89 Å². The first kappa shape index (κ1) is 15.5. The predicted molar refractivity (Wildman–Crippen MR) is 90.6 cm³/mol. The highest BCUT2D eigenvalue weighted by molar-refractivity contribution is 6.05. The molecule has 24 heavy (non-hydrogen) atoms. The lowest BCUT2D eigenvalue weighted by atomic mass is 10.1. The van der Waals surface area contributed by atoms with Crippen LogP contribution in [0.3, 0.4) is 0 Å². The van der Waals surface area contributed by atoms with Gasteiger partial charge in [-0.05, 0) is 36.8 Å². The number of rotatable bonds is 5. The molecule has 1 amide bonds. The number of fused-ring (bicyclic) bond motifs is 1. The molecule has 2 aromatic heterocycles. The van der Waals surface area contributed by atoms with Gasteiger partial charge in [0.05, 0.1) is 22.8 Å². The van der Waals surface area contributed by atoms with Crippen molar-refractivity contribution in [3.8, 4) is 6.07 Å². The van der Waals surface area contributed by atoms with Crippen molar-refractivity contribution in [1.82, 2.24) is 20.5 Å². The van der Waals surface area contributed by atoms with Crippen LogP contribution in [0.2, 0.25) is 0 Å². The van der Waals surface area contributed by atoms with Crippen molar-refractivity contribution in [1.29, 1.82) is 5.26 Å². The fraction of sp³-hybridized carbons (Fsp3) is 0.176. The number of anilines is 1. The van der Waals surface area contributed by atoms with Gasteiger partial charge in [0.2, 0.25) is 0 Å². The lowest BCUT2D eigenvalue weighted by Crippen LogP contribution is -2.29. The number of H-pyrrole nitrogens is 1. The Bertz CT molecular complexity index is 924. The molecule has 0 bridgehead atoms. The Labute approximate surface area is 138 Å². The Morgan fingerprint density at radius 3 is 3.08 bits per heavy atom. The van der Waals surface area contributed by atoms with Gasteiger partial charge in [-0.2, -0.15) is 10.4 Å². The molecule has 3 aromatic rings. The SMILES string of the molecule is Cc1cc(C(=O)NCCNc2ncccc2C#N)c2[nH]ncc2c1. The number of amides is 1. The van der Waals surface area contributed by atoms with Crippen molar-refractivity contribution in [2.45, 2.75) is 6.92 Å². The second-order valence-corrected chi connectivity index (χ2v) is 5.34. The van der Waals surface area contributed by atoms with Gasteiger partial charge in [-0.15, -0.1) is 0 Å². The molecule has 0 saturated carbocycles. The van der Waals surface area contributed by atoms with E-state index in [0.29, 0.717) is 30.0 Å². The summed E-state index contributed by atoms with van der Waals surface area (Å²) in [7, 11) is 0. The molecule has 7 heteroatoms. The molecule has 3 N–H and O–H groups in total. The largest absolute Gasteiger partial charge is 0.367 e. The van der Waals surface area contributed by atoms with Crippen molar-refractivity contribution in [3.63, 3.8) is 0 Å². The first-order valence-electron chi connectivity index (χ1n) is 7.50. The zero-order valence-corrected chi connectivity index (χ0v) is 13.1. The number of nitrogens with zero attached hydrogens (tertiary/aromatic N) is 3. The van der Waals surface area contributed by atoms with Crippen LogP contribution in [-0.2, 0) is 0 Å². The third-order valence-corrected chi connectivity index (χ3v) is 3.57. The third-order valence-electron chi connectivity index (χ3n) is 3.57. The zero-order valence-electron chi connectivity index (χ0n) is 13.1. The number of hydrogen-bond acceptors (Lipinski definition) is 5. The fourth-order valence-corrected chi connectivity index (χ4v) is 2.48. The molecule has 0 unspecified atom stereocenters. The molecule has 0 atom stereocenters. The van der Waals surface area contributed by atoms with E-state index in [1.807, 2.05) is 19.1 Å². The van der Waals surface area contributed by atoms with E-state index in [0.717, 1.165) is 16.5 Å². The highest BCUT2D eigenvalue weighted by Crippen LogP contribution is 2.18. The smallest absolute Gasteiger partial charge is 0.253 e. The number of aromatic amines is 1. The van der Waals surface area contributed by atoms with Crippen LogP contribution in [0.15, 0.2) is 36.7 Å². The Morgan fingerprint density at radius 1 is 1.38 bits per heavy atom. The first-order chi connectivity index (χ1) is 11.7. The number of aryl methyl sites for hydroxylation is 1. The number of aromatic nitrogens is 3. The molecule has 0 aliphatic carbocycles. The summed E-state index contributed by atoms with van der Waals surface area (Å²) in [6.45, 7) is 2.81. The molecule has 120 valence electrons. The summed E-state index contributed by atoms with van der Waals surface area (Å²) in [5, 5.41) is 22.7. The Hall–Kier alpha value is -3.40. The average Bonchev–Trinajstić information content (AvgIpc) is 3.06. The predicted octanol–water partition coefficient (Wildman–Crippen LogP) is 1.98. The number of benzene rings is 1. The second-order valence-electron chi connectivity index (χ2n) is 5.34. The van der Waals surface area contributed by atoms with Crippen LogP contribution in [-0.4, -0.2) is 34.2 Å². The van der Waals surface area contributed by atoms with E-state index in [4.69, 9.17) is 5.26 Å². The van der Waals surface area contributed by atoms with E-state index < -0.39 is 0 Å². The van der Waals surface area contributed by atoms with Crippen LogP contribution in [0.25, 0.3) is 10.9 Å². The van der Waals surface area contributed by atoms with E-state index in [2.05, 4.69) is 31.9 Å². The van der Waals surface area contributed by atoms with Gasteiger partial charge >= 0.3 is 0 Å². The van der Waals surface area contributed by atoms with Crippen LogP contribution in [0.4, 0.5) is 5.82 Å². The van der Waals surface area contributed by atoms with Gasteiger partial charge in [0.15, 0.2) is 0 Å².